The Hall–Kier alpha value is -4.17. The third kappa shape index (κ3) is 5.08. The summed E-state index contributed by atoms with van der Waals surface area (Å²) in [5.41, 5.74) is 3.86. The number of piperidine rings is 1. The van der Waals surface area contributed by atoms with Crippen LogP contribution in [0.1, 0.15) is 24.8 Å². The molecule has 0 spiro atoms. The fraction of sp³-hybridized carbons (Fsp3) is 0.179. The molecule has 1 aliphatic heterocycles. The Bertz CT molecular complexity index is 1390. The van der Waals surface area contributed by atoms with Gasteiger partial charge in [-0.1, -0.05) is 24.3 Å². The fourth-order valence-electron chi connectivity index (χ4n) is 4.22. The first-order chi connectivity index (χ1) is 17.6. The second-order valence-corrected chi connectivity index (χ2v) is 9.35. The second-order valence-electron chi connectivity index (χ2n) is 8.40. The summed E-state index contributed by atoms with van der Waals surface area (Å²) >= 11 is 1.60. The minimum Gasteiger partial charge on any atom is -0.495 e. The highest BCUT2D eigenvalue weighted by Gasteiger charge is 2.23. The Labute approximate surface area is 213 Å². The number of para-hydroxylation sites is 1. The fourth-order valence-corrected chi connectivity index (χ4v) is 4.95. The molecule has 2 aromatic heterocycles. The zero-order valence-corrected chi connectivity index (χ0v) is 20.7. The smallest absolute Gasteiger partial charge is 0.248 e. The van der Waals surface area contributed by atoms with E-state index in [1.165, 1.54) is 6.08 Å². The van der Waals surface area contributed by atoms with Crippen LogP contribution in [0, 0.1) is 0 Å². The quantitative estimate of drug-likeness (QED) is 0.328. The molecule has 2 amide bonds. The summed E-state index contributed by atoms with van der Waals surface area (Å²) < 4.78 is 7.29. The Morgan fingerprint density at radius 2 is 1.97 bits per heavy atom. The van der Waals surface area contributed by atoms with Crippen LogP contribution in [0.25, 0.3) is 22.3 Å². The molecule has 0 saturated carbocycles. The number of benzene rings is 2. The predicted molar refractivity (Wildman–Crippen MR) is 144 cm³/mol. The number of anilines is 2. The van der Waals surface area contributed by atoms with Gasteiger partial charge in [0.05, 0.1) is 23.4 Å². The first kappa shape index (κ1) is 23.6. The monoisotopic (exact) mass is 498 g/mol. The lowest BCUT2D eigenvalue weighted by molar-refractivity contribution is -0.119. The summed E-state index contributed by atoms with van der Waals surface area (Å²) in [5.74, 6) is 0.396. The zero-order valence-electron chi connectivity index (χ0n) is 19.9. The topological polar surface area (TPSA) is 76.5 Å². The Balaban J connectivity index is 1.38. The lowest BCUT2D eigenvalue weighted by Gasteiger charge is -2.28. The van der Waals surface area contributed by atoms with Crippen molar-refractivity contribution in [1.82, 2.24) is 9.78 Å². The highest BCUT2D eigenvalue weighted by atomic mass is 32.1. The van der Waals surface area contributed by atoms with Crippen molar-refractivity contribution in [3.63, 3.8) is 0 Å². The minimum atomic E-state index is -0.277. The maximum absolute atomic E-state index is 12.8. The molecule has 0 aliphatic carbocycles. The summed E-state index contributed by atoms with van der Waals surface area (Å²) in [6.07, 6.45) is 7.55. The van der Waals surface area contributed by atoms with Gasteiger partial charge >= 0.3 is 0 Å². The van der Waals surface area contributed by atoms with Crippen LogP contribution in [0.2, 0.25) is 0 Å². The Kier molecular flexibility index (Phi) is 6.95. The minimum absolute atomic E-state index is 0.0689. The number of carbonyl (C=O) groups excluding carboxylic acids is 2. The van der Waals surface area contributed by atoms with Crippen LogP contribution in [0.4, 0.5) is 11.4 Å². The summed E-state index contributed by atoms with van der Waals surface area (Å²) in [5, 5.41) is 9.68. The number of carbonyl (C=O) groups is 2. The van der Waals surface area contributed by atoms with E-state index in [1.54, 1.807) is 47.6 Å². The van der Waals surface area contributed by atoms with Gasteiger partial charge in [0.1, 0.15) is 11.4 Å². The normalized spacial score (nSPS) is 13.8. The molecule has 1 N–H and O–H groups in total. The van der Waals surface area contributed by atoms with E-state index in [0.717, 1.165) is 34.7 Å². The molecular weight excluding hydrogens is 472 g/mol. The lowest BCUT2D eigenvalue weighted by Crippen LogP contribution is -2.35. The molecule has 4 aromatic rings. The van der Waals surface area contributed by atoms with Gasteiger partial charge in [-0.05, 0) is 60.7 Å². The first-order valence-electron chi connectivity index (χ1n) is 11.8. The largest absolute Gasteiger partial charge is 0.495 e. The Morgan fingerprint density at radius 3 is 2.72 bits per heavy atom. The van der Waals surface area contributed by atoms with Crippen molar-refractivity contribution in [2.24, 2.45) is 0 Å². The summed E-state index contributed by atoms with van der Waals surface area (Å²) in [6, 6.07) is 19.2. The van der Waals surface area contributed by atoms with E-state index >= 15 is 0 Å². The van der Waals surface area contributed by atoms with E-state index in [9.17, 15) is 9.59 Å². The SMILES string of the molecule is COc1ccc(NC(=O)/C=C/c2cn(-c3ccccc3)nc2-c2cccs2)cc1N1CCCCC1=O. The van der Waals surface area contributed by atoms with Crippen molar-refractivity contribution >= 4 is 40.6 Å². The number of nitrogens with zero attached hydrogens (tertiary/aromatic N) is 3. The molecule has 8 heteroatoms. The maximum Gasteiger partial charge on any atom is 0.248 e. The van der Waals surface area contributed by atoms with Crippen molar-refractivity contribution in [2.75, 3.05) is 23.9 Å². The summed E-state index contributed by atoms with van der Waals surface area (Å²) in [6.45, 7) is 0.642. The maximum atomic E-state index is 12.8. The van der Waals surface area contributed by atoms with Crippen LogP contribution in [-0.4, -0.2) is 35.2 Å². The number of hydrogen-bond acceptors (Lipinski definition) is 5. The van der Waals surface area contributed by atoms with Gasteiger partial charge in [0.2, 0.25) is 11.8 Å². The molecule has 0 unspecified atom stereocenters. The molecule has 1 saturated heterocycles. The van der Waals surface area contributed by atoms with Gasteiger partial charge in [-0.25, -0.2) is 4.68 Å². The molecule has 2 aromatic carbocycles. The molecule has 7 nitrogen and oxygen atoms in total. The van der Waals surface area contributed by atoms with Gasteiger partial charge in [0.25, 0.3) is 0 Å². The molecule has 182 valence electrons. The van der Waals surface area contributed by atoms with Crippen LogP contribution in [0.5, 0.6) is 5.75 Å². The van der Waals surface area contributed by atoms with E-state index in [-0.39, 0.29) is 11.8 Å². The number of ether oxygens (including phenoxy) is 1. The molecule has 1 aliphatic rings. The van der Waals surface area contributed by atoms with Crippen molar-refractivity contribution in [3.8, 4) is 22.0 Å². The molecule has 36 heavy (non-hydrogen) atoms. The van der Waals surface area contributed by atoms with E-state index in [4.69, 9.17) is 9.84 Å². The van der Waals surface area contributed by atoms with Crippen LogP contribution < -0.4 is 15.0 Å². The van der Waals surface area contributed by atoms with Crippen LogP contribution in [0.15, 0.2) is 78.3 Å². The van der Waals surface area contributed by atoms with Crippen molar-refractivity contribution < 1.29 is 14.3 Å². The average Bonchev–Trinajstić information content (AvgIpc) is 3.58. The van der Waals surface area contributed by atoms with Gasteiger partial charge in [-0.2, -0.15) is 5.10 Å². The number of thiophene rings is 1. The van der Waals surface area contributed by atoms with E-state index in [0.29, 0.717) is 30.1 Å². The molecule has 5 rings (SSSR count). The van der Waals surface area contributed by atoms with Gasteiger partial charge in [-0.15, -0.1) is 11.3 Å². The van der Waals surface area contributed by atoms with Gasteiger partial charge in [0, 0.05) is 36.5 Å². The Morgan fingerprint density at radius 1 is 1.11 bits per heavy atom. The van der Waals surface area contributed by atoms with Crippen molar-refractivity contribution in [2.45, 2.75) is 19.3 Å². The number of amides is 2. The molecule has 0 atom stereocenters. The van der Waals surface area contributed by atoms with Gasteiger partial charge in [0.15, 0.2) is 0 Å². The number of rotatable bonds is 7. The van der Waals surface area contributed by atoms with Crippen molar-refractivity contribution in [1.29, 1.82) is 0 Å². The summed E-state index contributed by atoms with van der Waals surface area (Å²) in [7, 11) is 1.58. The summed E-state index contributed by atoms with van der Waals surface area (Å²) in [4.78, 5) is 28.0. The van der Waals surface area contributed by atoms with E-state index in [1.807, 2.05) is 58.7 Å². The number of aromatic nitrogens is 2. The first-order valence-corrected chi connectivity index (χ1v) is 12.7. The number of nitrogens with one attached hydrogen (secondary N) is 1. The van der Waals surface area contributed by atoms with E-state index in [2.05, 4.69) is 5.32 Å². The third-order valence-corrected chi connectivity index (χ3v) is 6.87. The van der Waals surface area contributed by atoms with Gasteiger partial charge < -0.3 is 15.0 Å². The van der Waals surface area contributed by atoms with Crippen LogP contribution in [-0.2, 0) is 9.59 Å². The highest BCUT2D eigenvalue weighted by Crippen LogP contribution is 2.34. The average molecular weight is 499 g/mol. The number of hydrogen-bond donors (Lipinski definition) is 1. The zero-order chi connectivity index (χ0) is 24.9. The third-order valence-electron chi connectivity index (χ3n) is 5.99. The molecule has 1 fully saturated rings. The van der Waals surface area contributed by atoms with Gasteiger partial charge in [-0.3, -0.25) is 9.59 Å². The standard InChI is InChI=1S/C28H26N4O3S/c1-35-24-14-13-21(18-23(24)31-16-6-5-11-27(31)34)29-26(33)15-12-20-19-32(22-8-3-2-4-9-22)30-28(20)25-10-7-17-36-25/h2-4,7-10,12-15,17-19H,5-6,11,16H2,1H3,(H,29,33)/b15-12+. The van der Waals surface area contributed by atoms with Crippen LogP contribution >= 0.6 is 11.3 Å². The molecule has 3 heterocycles. The number of methoxy groups -OCH3 is 1. The van der Waals surface area contributed by atoms with Crippen LogP contribution in [0.3, 0.4) is 0 Å². The molecular formula is C28H26N4O3S. The predicted octanol–water partition coefficient (Wildman–Crippen LogP) is 5.78. The molecule has 0 bridgehead atoms. The van der Waals surface area contributed by atoms with E-state index < -0.39 is 0 Å². The van der Waals surface area contributed by atoms with Crippen molar-refractivity contribution in [3.05, 3.63) is 83.9 Å². The molecule has 0 radical (unpaired) electrons. The second kappa shape index (κ2) is 10.6. The highest BCUT2D eigenvalue weighted by molar-refractivity contribution is 7.13. The lowest BCUT2D eigenvalue weighted by atomic mass is 10.1.